The van der Waals surface area contributed by atoms with E-state index in [1.165, 1.54) is 12.1 Å². The molecule has 0 aliphatic carbocycles. The van der Waals surface area contributed by atoms with Crippen LogP contribution in [-0.2, 0) is 0 Å². The number of hydrogen-bond donors (Lipinski definition) is 1. The van der Waals surface area contributed by atoms with Crippen molar-refractivity contribution < 1.29 is 9.18 Å². The molecule has 4 rings (SSSR count). The first-order chi connectivity index (χ1) is 14.7. The highest BCUT2D eigenvalue weighted by Crippen LogP contribution is 2.28. The summed E-state index contributed by atoms with van der Waals surface area (Å²) in [7, 11) is 0. The van der Waals surface area contributed by atoms with Gasteiger partial charge in [0.1, 0.15) is 5.82 Å². The Morgan fingerprint density at radius 3 is 2.27 bits per heavy atom. The van der Waals surface area contributed by atoms with Crippen LogP contribution >= 0.6 is 0 Å². The monoisotopic (exact) mass is 399 g/mol. The van der Waals surface area contributed by atoms with Gasteiger partial charge in [0, 0.05) is 35.9 Å². The first-order valence-electron chi connectivity index (χ1n) is 10.1. The van der Waals surface area contributed by atoms with Crippen LogP contribution in [-0.4, -0.2) is 29.9 Å². The molecule has 1 heterocycles. The number of anilines is 1. The summed E-state index contributed by atoms with van der Waals surface area (Å²) in [6.45, 7) is 1.29. The van der Waals surface area contributed by atoms with Crippen LogP contribution in [0.5, 0.6) is 0 Å². The zero-order valence-electron chi connectivity index (χ0n) is 16.5. The summed E-state index contributed by atoms with van der Waals surface area (Å²) >= 11 is 0. The van der Waals surface area contributed by atoms with Gasteiger partial charge in [0.25, 0.3) is 5.91 Å². The molecule has 0 bridgehead atoms. The number of rotatable bonds is 4. The number of halogens is 1. The number of nitrogens with one attached hydrogen (secondary N) is 1. The Morgan fingerprint density at radius 2 is 1.57 bits per heavy atom. The number of likely N-dealkylation sites (tertiary alicyclic amines) is 1. The van der Waals surface area contributed by atoms with Crippen molar-refractivity contribution in [3.05, 3.63) is 89.7 Å². The molecule has 3 aromatic rings. The van der Waals surface area contributed by atoms with E-state index >= 15 is 0 Å². The number of benzene rings is 3. The van der Waals surface area contributed by atoms with Crippen LogP contribution < -0.4 is 5.32 Å². The van der Waals surface area contributed by atoms with E-state index in [1.54, 1.807) is 18.2 Å². The highest BCUT2D eigenvalue weighted by atomic mass is 19.1. The zero-order valence-corrected chi connectivity index (χ0v) is 16.5. The molecule has 4 nitrogen and oxygen atoms in total. The van der Waals surface area contributed by atoms with Gasteiger partial charge in [-0.1, -0.05) is 36.4 Å². The lowest BCUT2D eigenvalue weighted by atomic mass is 9.94. The molecule has 1 amide bonds. The minimum absolute atomic E-state index is 0.0152. The van der Waals surface area contributed by atoms with Crippen molar-refractivity contribution in [3.63, 3.8) is 0 Å². The Kier molecular flexibility index (Phi) is 5.76. The highest BCUT2D eigenvalue weighted by molar-refractivity contribution is 6.01. The average Bonchev–Trinajstić information content (AvgIpc) is 2.80. The third kappa shape index (κ3) is 4.18. The van der Waals surface area contributed by atoms with Gasteiger partial charge >= 0.3 is 0 Å². The molecule has 0 radical (unpaired) electrons. The number of nitrogens with zero attached hydrogens (tertiary/aromatic N) is 2. The maximum absolute atomic E-state index is 13.3. The van der Waals surface area contributed by atoms with E-state index in [4.69, 9.17) is 0 Å². The maximum Gasteiger partial charge on any atom is 0.254 e. The van der Waals surface area contributed by atoms with E-state index in [0.717, 1.165) is 29.7 Å². The Balaban J connectivity index is 1.47. The molecule has 0 aromatic heterocycles. The molecule has 1 aliphatic heterocycles. The fourth-order valence-electron chi connectivity index (χ4n) is 3.90. The lowest BCUT2D eigenvalue weighted by Gasteiger charge is -2.33. The largest absolute Gasteiger partial charge is 0.382 e. The van der Waals surface area contributed by atoms with Crippen LogP contribution in [0.15, 0.2) is 72.8 Å². The van der Waals surface area contributed by atoms with Crippen molar-refractivity contribution >= 4 is 11.6 Å². The van der Waals surface area contributed by atoms with Gasteiger partial charge in [-0.2, -0.15) is 5.26 Å². The van der Waals surface area contributed by atoms with Gasteiger partial charge < -0.3 is 10.2 Å². The average molecular weight is 399 g/mol. The third-order valence-electron chi connectivity index (χ3n) is 5.49. The van der Waals surface area contributed by atoms with E-state index in [2.05, 4.69) is 11.4 Å². The number of hydrogen-bond acceptors (Lipinski definition) is 3. The van der Waals surface area contributed by atoms with E-state index in [0.29, 0.717) is 24.2 Å². The minimum atomic E-state index is -0.252. The smallest absolute Gasteiger partial charge is 0.254 e. The van der Waals surface area contributed by atoms with Gasteiger partial charge in [-0.15, -0.1) is 0 Å². The lowest BCUT2D eigenvalue weighted by Crippen LogP contribution is -2.42. The molecular weight excluding hydrogens is 377 g/mol. The number of carbonyl (C=O) groups excluding carboxylic acids is 1. The summed E-state index contributed by atoms with van der Waals surface area (Å²) in [5.41, 5.74) is 3.62. The summed E-state index contributed by atoms with van der Waals surface area (Å²) < 4.78 is 13.1. The SMILES string of the molecule is N#Cc1ccccc1-c1ccccc1C(=O)N1CCC(Nc2ccc(F)cc2)CC1. The second kappa shape index (κ2) is 8.79. The van der Waals surface area contributed by atoms with E-state index in [9.17, 15) is 14.4 Å². The van der Waals surface area contributed by atoms with Gasteiger partial charge in [0.05, 0.1) is 11.6 Å². The molecule has 1 aliphatic rings. The van der Waals surface area contributed by atoms with Gasteiger partial charge in [-0.3, -0.25) is 4.79 Å². The Labute approximate surface area is 175 Å². The fourth-order valence-corrected chi connectivity index (χ4v) is 3.90. The van der Waals surface area contributed by atoms with Crippen LogP contribution in [0.3, 0.4) is 0 Å². The predicted octanol–water partition coefficient (Wildman–Crippen LogP) is 5.08. The number of piperidine rings is 1. The van der Waals surface area contributed by atoms with Crippen molar-refractivity contribution in [1.29, 1.82) is 5.26 Å². The molecule has 0 spiro atoms. The standard InChI is InChI=1S/C25H22FN3O/c26-19-9-11-20(12-10-19)28-21-13-15-29(16-14-21)25(30)24-8-4-3-7-23(24)22-6-2-1-5-18(22)17-27/h1-12,21,28H,13-16H2. The normalized spacial score (nSPS) is 14.2. The molecule has 0 atom stereocenters. The predicted molar refractivity (Wildman–Crippen MR) is 116 cm³/mol. The first kappa shape index (κ1) is 19.7. The van der Waals surface area contributed by atoms with E-state index in [1.807, 2.05) is 47.4 Å². The molecule has 1 saturated heterocycles. The maximum atomic E-state index is 13.3. The second-order valence-corrected chi connectivity index (χ2v) is 7.42. The van der Waals surface area contributed by atoms with Crippen molar-refractivity contribution in [3.8, 4) is 17.2 Å². The fraction of sp³-hybridized carbons (Fsp3) is 0.200. The van der Waals surface area contributed by atoms with Gasteiger partial charge in [-0.05, 0) is 54.8 Å². The molecule has 150 valence electrons. The molecule has 0 unspecified atom stereocenters. The van der Waals surface area contributed by atoms with Crippen LogP contribution in [0.25, 0.3) is 11.1 Å². The van der Waals surface area contributed by atoms with Gasteiger partial charge in [0.2, 0.25) is 0 Å². The van der Waals surface area contributed by atoms with E-state index in [-0.39, 0.29) is 17.8 Å². The van der Waals surface area contributed by atoms with Gasteiger partial charge in [-0.25, -0.2) is 4.39 Å². The molecular formula is C25H22FN3O. The Morgan fingerprint density at radius 1 is 0.933 bits per heavy atom. The molecule has 1 N–H and O–H groups in total. The summed E-state index contributed by atoms with van der Waals surface area (Å²) in [6.07, 6.45) is 1.64. The van der Waals surface area contributed by atoms with Crippen molar-refractivity contribution in [2.45, 2.75) is 18.9 Å². The third-order valence-corrected chi connectivity index (χ3v) is 5.49. The van der Waals surface area contributed by atoms with Crippen LogP contribution in [0.2, 0.25) is 0 Å². The summed E-state index contributed by atoms with van der Waals surface area (Å²) in [5.74, 6) is -0.267. The van der Waals surface area contributed by atoms with Crippen molar-refractivity contribution in [2.75, 3.05) is 18.4 Å². The van der Waals surface area contributed by atoms with Crippen molar-refractivity contribution in [1.82, 2.24) is 4.90 Å². The van der Waals surface area contributed by atoms with Crippen LogP contribution in [0.4, 0.5) is 10.1 Å². The van der Waals surface area contributed by atoms with Crippen LogP contribution in [0, 0.1) is 17.1 Å². The topological polar surface area (TPSA) is 56.1 Å². The highest BCUT2D eigenvalue weighted by Gasteiger charge is 2.25. The van der Waals surface area contributed by atoms with Gasteiger partial charge in [0.15, 0.2) is 0 Å². The molecule has 3 aromatic carbocycles. The number of nitriles is 1. The van der Waals surface area contributed by atoms with Crippen molar-refractivity contribution in [2.24, 2.45) is 0 Å². The number of carbonyl (C=O) groups is 1. The Hall–Kier alpha value is -3.65. The first-order valence-corrected chi connectivity index (χ1v) is 10.1. The zero-order chi connectivity index (χ0) is 20.9. The molecule has 0 saturated carbocycles. The second-order valence-electron chi connectivity index (χ2n) is 7.42. The quantitative estimate of drug-likeness (QED) is 0.666. The summed E-state index contributed by atoms with van der Waals surface area (Å²) in [4.78, 5) is 15.1. The summed E-state index contributed by atoms with van der Waals surface area (Å²) in [6, 6.07) is 23.6. The lowest BCUT2D eigenvalue weighted by molar-refractivity contribution is 0.0719. The van der Waals surface area contributed by atoms with E-state index < -0.39 is 0 Å². The molecule has 5 heteroatoms. The number of amides is 1. The minimum Gasteiger partial charge on any atom is -0.382 e. The summed E-state index contributed by atoms with van der Waals surface area (Å²) in [5, 5.41) is 12.9. The Bertz CT molecular complexity index is 1080. The molecule has 30 heavy (non-hydrogen) atoms. The van der Waals surface area contributed by atoms with Crippen LogP contribution in [0.1, 0.15) is 28.8 Å². The molecule has 1 fully saturated rings.